The van der Waals surface area contributed by atoms with E-state index in [0.29, 0.717) is 12.5 Å². The van der Waals surface area contributed by atoms with Crippen LogP contribution in [0.15, 0.2) is 41.6 Å². The second-order valence-corrected chi connectivity index (χ2v) is 6.66. The molecule has 6 nitrogen and oxygen atoms in total. The topological polar surface area (TPSA) is 75.2 Å². The van der Waals surface area contributed by atoms with Crippen LogP contribution in [-0.4, -0.2) is 32.0 Å². The number of hydrogen-bond donors (Lipinski definition) is 1. The zero-order valence-corrected chi connectivity index (χ0v) is 12.5. The van der Waals surface area contributed by atoms with Crippen molar-refractivity contribution in [3.8, 4) is 0 Å². The summed E-state index contributed by atoms with van der Waals surface area (Å²) in [5.74, 6) is 0.396. The van der Waals surface area contributed by atoms with Crippen LogP contribution in [0.2, 0.25) is 0 Å². The summed E-state index contributed by atoms with van der Waals surface area (Å²) in [5, 5.41) is 2.77. The number of aryl methyl sites for hydroxylation is 1. The van der Waals surface area contributed by atoms with Crippen molar-refractivity contribution in [3.05, 3.63) is 42.2 Å². The Morgan fingerprint density at radius 3 is 2.62 bits per heavy atom. The van der Waals surface area contributed by atoms with Crippen molar-refractivity contribution in [3.63, 3.8) is 0 Å². The molecule has 0 spiro atoms. The van der Waals surface area contributed by atoms with Crippen molar-refractivity contribution in [2.75, 3.05) is 23.2 Å². The fraction of sp³-hybridized carbons (Fsp3) is 0.286. The van der Waals surface area contributed by atoms with Crippen LogP contribution in [0, 0.1) is 0 Å². The minimum absolute atomic E-state index is 0.109. The van der Waals surface area contributed by atoms with Gasteiger partial charge in [0.1, 0.15) is 4.90 Å². The van der Waals surface area contributed by atoms with E-state index in [-0.39, 0.29) is 4.90 Å². The van der Waals surface area contributed by atoms with Gasteiger partial charge in [-0.1, -0.05) is 18.2 Å². The molecular weight excluding hydrogens is 288 g/mol. The van der Waals surface area contributed by atoms with Gasteiger partial charge in [-0.15, -0.1) is 0 Å². The average Bonchev–Trinajstić information content (AvgIpc) is 2.54. The Morgan fingerprint density at radius 1 is 1.19 bits per heavy atom. The predicted molar refractivity (Wildman–Crippen MR) is 80.9 cm³/mol. The Morgan fingerprint density at radius 2 is 1.90 bits per heavy atom. The number of benzene rings is 1. The summed E-state index contributed by atoms with van der Waals surface area (Å²) in [7, 11) is -1.93. The number of para-hydroxylation sites is 1. The maximum absolute atomic E-state index is 12.8. The number of nitrogens with one attached hydrogen (secondary N) is 1. The summed E-state index contributed by atoms with van der Waals surface area (Å²) in [6.07, 6.45) is 4.39. The zero-order chi connectivity index (χ0) is 14.9. The first-order valence-electron chi connectivity index (χ1n) is 6.73. The van der Waals surface area contributed by atoms with E-state index in [0.717, 1.165) is 24.1 Å². The molecule has 0 atom stereocenters. The molecule has 0 unspecified atom stereocenters. The smallest absolute Gasteiger partial charge is 0.267 e. The fourth-order valence-electron chi connectivity index (χ4n) is 2.45. The van der Waals surface area contributed by atoms with Crippen molar-refractivity contribution >= 4 is 21.7 Å². The van der Waals surface area contributed by atoms with Gasteiger partial charge in [-0.05, 0) is 24.5 Å². The molecule has 2 aromatic rings. The Balaban J connectivity index is 2.02. The van der Waals surface area contributed by atoms with Crippen LogP contribution in [0.1, 0.15) is 12.0 Å². The number of aromatic nitrogens is 2. The maximum Gasteiger partial charge on any atom is 0.267 e. The van der Waals surface area contributed by atoms with Gasteiger partial charge in [0.15, 0.2) is 0 Å². The molecule has 1 aromatic heterocycles. The number of fused-ring (bicyclic) bond motifs is 1. The van der Waals surface area contributed by atoms with Crippen LogP contribution in [0.25, 0.3) is 0 Å². The first-order valence-corrected chi connectivity index (χ1v) is 8.17. The third-order valence-electron chi connectivity index (χ3n) is 3.51. The lowest BCUT2D eigenvalue weighted by molar-refractivity contribution is 0.585. The molecule has 0 saturated heterocycles. The normalized spacial score (nSPS) is 14.6. The number of sulfonamides is 1. The third-order valence-corrected chi connectivity index (χ3v) is 5.27. The Labute approximate surface area is 123 Å². The molecule has 3 rings (SSSR count). The summed E-state index contributed by atoms with van der Waals surface area (Å²) >= 11 is 0. The molecule has 0 aliphatic carbocycles. The van der Waals surface area contributed by atoms with Gasteiger partial charge < -0.3 is 5.32 Å². The number of nitrogens with zero attached hydrogens (tertiary/aromatic N) is 3. The molecule has 0 bridgehead atoms. The fourth-order valence-corrected chi connectivity index (χ4v) is 3.89. The van der Waals surface area contributed by atoms with Crippen molar-refractivity contribution in [1.82, 2.24) is 9.97 Å². The summed E-state index contributed by atoms with van der Waals surface area (Å²) in [6.45, 7) is 0.479. The van der Waals surface area contributed by atoms with Gasteiger partial charge in [-0.25, -0.2) is 18.4 Å². The van der Waals surface area contributed by atoms with Gasteiger partial charge in [-0.3, -0.25) is 4.31 Å². The molecule has 0 radical (unpaired) electrons. The van der Waals surface area contributed by atoms with E-state index >= 15 is 0 Å². The quantitative estimate of drug-likeness (QED) is 0.933. The van der Waals surface area contributed by atoms with Gasteiger partial charge in [0.25, 0.3) is 10.0 Å². The molecule has 1 aliphatic heterocycles. The van der Waals surface area contributed by atoms with Gasteiger partial charge in [0, 0.05) is 13.6 Å². The standard InChI is InChI=1S/C14H16N4O2S/c1-15-14-16-9-12(10-17-14)21(19,20)18-8-4-6-11-5-2-3-7-13(11)18/h2-3,5,7,9-10H,4,6,8H2,1H3,(H,15,16,17). The summed E-state index contributed by atoms with van der Waals surface area (Å²) < 4.78 is 27.0. The van der Waals surface area contributed by atoms with Crippen LogP contribution < -0.4 is 9.62 Å². The third kappa shape index (κ3) is 2.44. The minimum atomic E-state index is -3.62. The maximum atomic E-state index is 12.8. The lowest BCUT2D eigenvalue weighted by Crippen LogP contribution is -2.35. The van der Waals surface area contributed by atoms with E-state index in [9.17, 15) is 8.42 Å². The first-order chi connectivity index (χ1) is 10.1. The van der Waals surface area contributed by atoms with Crippen LogP contribution in [0.4, 0.5) is 11.6 Å². The number of rotatable bonds is 3. The minimum Gasteiger partial charge on any atom is -0.357 e. The summed E-state index contributed by atoms with van der Waals surface area (Å²) in [6, 6.07) is 7.60. The molecular formula is C14H16N4O2S. The zero-order valence-electron chi connectivity index (χ0n) is 11.7. The molecule has 0 saturated carbocycles. The Bertz CT molecular complexity index is 744. The second kappa shape index (κ2) is 5.33. The highest BCUT2D eigenvalue weighted by atomic mass is 32.2. The van der Waals surface area contributed by atoms with Gasteiger partial charge >= 0.3 is 0 Å². The molecule has 2 heterocycles. The van der Waals surface area contributed by atoms with E-state index in [1.54, 1.807) is 7.05 Å². The second-order valence-electron chi connectivity index (χ2n) is 4.80. The molecule has 1 aromatic carbocycles. The van der Waals surface area contributed by atoms with Crippen molar-refractivity contribution in [2.24, 2.45) is 0 Å². The summed E-state index contributed by atoms with van der Waals surface area (Å²) in [4.78, 5) is 8.08. The van der Waals surface area contributed by atoms with Gasteiger partial charge in [0.05, 0.1) is 18.1 Å². The number of hydrogen-bond acceptors (Lipinski definition) is 5. The Hall–Kier alpha value is -2.15. The van der Waals surface area contributed by atoms with E-state index in [1.807, 2.05) is 24.3 Å². The molecule has 0 amide bonds. The van der Waals surface area contributed by atoms with Gasteiger partial charge in [-0.2, -0.15) is 0 Å². The van der Waals surface area contributed by atoms with E-state index in [2.05, 4.69) is 15.3 Å². The SMILES string of the molecule is CNc1ncc(S(=O)(=O)N2CCCc3ccccc32)cn1. The van der Waals surface area contributed by atoms with Crippen molar-refractivity contribution in [1.29, 1.82) is 0 Å². The van der Waals surface area contributed by atoms with E-state index in [1.165, 1.54) is 16.7 Å². The largest absolute Gasteiger partial charge is 0.357 e. The lowest BCUT2D eigenvalue weighted by atomic mass is 10.0. The molecule has 110 valence electrons. The molecule has 7 heteroatoms. The highest BCUT2D eigenvalue weighted by Gasteiger charge is 2.29. The van der Waals surface area contributed by atoms with E-state index in [4.69, 9.17) is 0 Å². The summed E-state index contributed by atoms with van der Waals surface area (Å²) in [5.41, 5.74) is 1.81. The lowest BCUT2D eigenvalue weighted by Gasteiger charge is -2.30. The molecule has 1 aliphatic rings. The average molecular weight is 304 g/mol. The van der Waals surface area contributed by atoms with Crippen molar-refractivity contribution in [2.45, 2.75) is 17.7 Å². The highest BCUT2D eigenvalue weighted by molar-refractivity contribution is 7.92. The van der Waals surface area contributed by atoms with E-state index < -0.39 is 10.0 Å². The molecule has 21 heavy (non-hydrogen) atoms. The monoisotopic (exact) mass is 304 g/mol. The van der Waals surface area contributed by atoms with Crippen molar-refractivity contribution < 1.29 is 8.42 Å². The first kappa shape index (κ1) is 13.8. The molecule has 0 fully saturated rings. The van der Waals surface area contributed by atoms with Crippen LogP contribution in [0.5, 0.6) is 0 Å². The van der Waals surface area contributed by atoms with Crippen LogP contribution in [0.3, 0.4) is 0 Å². The highest BCUT2D eigenvalue weighted by Crippen LogP contribution is 2.31. The van der Waals surface area contributed by atoms with Crippen LogP contribution in [-0.2, 0) is 16.4 Å². The Kier molecular flexibility index (Phi) is 3.50. The van der Waals surface area contributed by atoms with Crippen LogP contribution >= 0.6 is 0 Å². The van der Waals surface area contributed by atoms with Gasteiger partial charge in [0.2, 0.25) is 5.95 Å². The predicted octanol–water partition coefficient (Wildman–Crippen LogP) is 1.66. The number of anilines is 2. The molecule has 1 N–H and O–H groups in total.